The molecular formula is C88H54N4. The summed E-state index contributed by atoms with van der Waals surface area (Å²) in [6, 6.07) is 122. The third-order valence-electron chi connectivity index (χ3n) is 19.9. The van der Waals surface area contributed by atoms with Gasteiger partial charge in [0.05, 0.1) is 44.1 Å². The summed E-state index contributed by atoms with van der Waals surface area (Å²) < 4.78 is 9.77. The van der Waals surface area contributed by atoms with E-state index in [2.05, 4.69) is 346 Å². The predicted octanol–water partition coefficient (Wildman–Crippen LogP) is 23.7. The SMILES string of the molecule is c1ccc(-n2c3ccc(-c4ccc5c(c4)c4c6ccccc6c6ccccc6c4n5-c4ccc(-c5ccc(-n6c7ccccc7c7cc(-c8ccc9c(c8)c8ccccc8n9-c8ccc9ccccc9c8)ccc76)cc5)cc4)cc3c3cc4ccccc4cc32)cc1. The van der Waals surface area contributed by atoms with Gasteiger partial charge in [-0.05, 0) is 192 Å². The van der Waals surface area contributed by atoms with Crippen LogP contribution in [0, 0.1) is 0 Å². The lowest BCUT2D eigenvalue weighted by atomic mass is 9.95. The normalized spacial score (nSPS) is 12.1. The Hall–Kier alpha value is -12.2. The molecule has 0 aliphatic heterocycles. The van der Waals surface area contributed by atoms with Gasteiger partial charge in [0.25, 0.3) is 0 Å². The highest BCUT2D eigenvalue weighted by atomic mass is 15.0. The fourth-order valence-corrected chi connectivity index (χ4v) is 15.7. The van der Waals surface area contributed by atoms with E-state index in [0.29, 0.717) is 0 Å². The second-order valence-corrected chi connectivity index (χ2v) is 24.8. The Morgan fingerprint density at radius 2 is 0.500 bits per heavy atom. The van der Waals surface area contributed by atoms with Gasteiger partial charge in [-0.15, -0.1) is 0 Å². The quantitative estimate of drug-likeness (QED) is 0.142. The minimum atomic E-state index is 1.12. The van der Waals surface area contributed by atoms with Crippen LogP contribution in [0.3, 0.4) is 0 Å². The second-order valence-electron chi connectivity index (χ2n) is 24.8. The Morgan fingerprint density at radius 3 is 1.08 bits per heavy atom. The molecule has 4 nitrogen and oxygen atoms in total. The molecule has 0 saturated carbocycles. The molecule has 16 aromatic carbocycles. The van der Waals surface area contributed by atoms with E-state index in [1.807, 2.05) is 0 Å². The van der Waals surface area contributed by atoms with Gasteiger partial charge in [-0.2, -0.15) is 0 Å². The molecule has 0 amide bonds. The van der Waals surface area contributed by atoms with Crippen LogP contribution in [0.5, 0.6) is 0 Å². The van der Waals surface area contributed by atoms with Crippen LogP contribution in [-0.4, -0.2) is 18.3 Å². The zero-order chi connectivity index (χ0) is 60.1. The fourth-order valence-electron chi connectivity index (χ4n) is 15.7. The molecule has 0 aliphatic rings. The maximum atomic E-state index is 2.51. The Bertz CT molecular complexity index is 6470. The number of nitrogens with zero attached hydrogens (tertiary/aromatic N) is 4. The lowest BCUT2D eigenvalue weighted by Crippen LogP contribution is -1.95. The topological polar surface area (TPSA) is 19.7 Å². The average molecular weight is 1170 g/mol. The van der Waals surface area contributed by atoms with Gasteiger partial charge in [-0.3, -0.25) is 0 Å². The Balaban J connectivity index is 0.671. The molecule has 0 atom stereocenters. The number of aromatic nitrogens is 4. The number of hydrogen-bond donors (Lipinski definition) is 0. The number of rotatable bonds is 7. The average Bonchev–Trinajstić information content (AvgIpc) is 1.55. The van der Waals surface area contributed by atoms with E-state index in [4.69, 9.17) is 0 Å². The van der Waals surface area contributed by atoms with Crippen LogP contribution in [0.15, 0.2) is 328 Å². The highest BCUT2D eigenvalue weighted by Crippen LogP contribution is 2.46. The van der Waals surface area contributed by atoms with Gasteiger partial charge >= 0.3 is 0 Å². The van der Waals surface area contributed by atoms with E-state index in [9.17, 15) is 0 Å². The van der Waals surface area contributed by atoms with Crippen molar-refractivity contribution in [2.24, 2.45) is 0 Å². The van der Waals surface area contributed by atoms with E-state index in [0.717, 1.165) is 17.1 Å². The Morgan fingerprint density at radius 1 is 0.152 bits per heavy atom. The standard InChI is InChI=1S/C88H54N4/c1-2-20-65(21-3-1)90-84-46-37-63(52-77(84)78-49-59-18-6-7-19-60(59)54-86(78)90)64-38-47-85-79(53-64)87-73-26-10-8-22-69(73)70-23-9-11-27-74(70)88(87)92(85)67-41-32-57(33-42-67)56-30-39-66(40-31-56)89-80-28-14-12-24-71(80)75-50-61(35-44-82(75)89)62-36-45-83-76(51-62)72-25-13-15-29-81(72)91(83)68-43-34-55-16-4-5-17-58(55)48-68/h1-54H. The van der Waals surface area contributed by atoms with Crippen LogP contribution >= 0.6 is 0 Å². The van der Waals surface area contributed by atoms with E-state index in [-0.39, 0.29) is 0 Å². The third-order valence-corrected chi connectivity index (χ3v) is 19.9. The summed E-state index contributed by atoms with van der Waals surface area (Å²) in [6.45, 7) is 0. The molecule has 426 valence electrons. The molecule has 92 heavy (non-hydrogen) atoms. The molecule has 20 aromatic rings. The van der Waals surface area contributed by atoms with Crippen molar-refractivity contribution in [1.29, 1.82) is 0 Å². The zero-order valence-corrected chi connectivity index (χ0v) is 50.0. The maximum absolute atomic E-state index is 2.51. The Kier molecular flexibility index (Phi) is 10.8. The van der Waals surface area contributed by atoms with Crippen LogP contribution in [-0.2, 0) is 0 Å². The summed E-state index contributed by atoms with van der Waals surface area (Å²) in [5.41, 5.74) is 21.3. The summed E-state index contributed by atoms with van der Waals surface area (Å²) in [6.07, 6.45) is 0. The van der Waals surface area contributed by atoms with Crippen molar-refractivity contribution in [3.05, 3.63) is 328 Å². The van der Waals surface area contributed by atoms with Gasteiger partial charge < -0.3 is 18.3 Å². The molecule has 4 heterocycles. The lowest BCUT2D eigenvalue weighted by Gasteiger charge is -2.13. The Labute approximate surface area is 529 Å². The highest BCUT2D eigenvalue weighted by molar-refractivity contribution is 6.32. The monoisotopic (exact) mass is 1170 g/mol. The lowest BCUT2D eigenvalue weighted by molar-refractivity contribution is 1.18. The van der Waals surface area contributed by atoms with Crippen LogP contribution < -0.4 is 0 Å². The minimum absolute atomic E-state index is 1.12. The second kappa shape index (κ2) is 19.6. The fraction of sp³-hybridized carbons (Fsp3) is 0. The molecule has 0 fully saturated rings. The van der Waals surface area contributed by atoms with Crippen molar-refractivity contribution >= 4 is 130 Å². The van der Waals surface area contributed by atoms with Crippen LogP contribution in [0.1, 0.15) is 0 Å². The minimum Gasteiger partial charge on any atom is -0.309 e. The van der Waals surface area contributed by atoms with E-state index in [1.165, 1.54) is 169 Å². The zero-order valence-electron chi connectivity index (χ0n) is 50.0. The molecule has 4 heteroatoms. The van der Waals surface area contributed by atoms with Crippen molar-refractivity contribution in [3.8, 4) is 56.1 Å². The van der Waals surface area contributed by atoms with Crippen molar-refractivity contribution in [2.45, 2.75) is 0 Å². The maximum Gasteiger partial charge on any atom is 0.0625 e. The number of hydrogen-bond acceptors (Lipinski definition) is 0. The first kappa shape index (κ1) is 50.7. The molecule has 0 saturated heterocycles. The van der Waals surface area contributed by atoms with Crippen molar-refractivity contribution in [2.75, 3.05) is 0 Å². The van der Waals surface area contributed by atoms with Gasteiger partial charge in [-0.1, -0.05) is 206 Å². The van der Waals surface area contributed by atoms with Crippen LogP contribution in [0.4, 0.5) is 0 Å². The number of fused-ring (bicyclic) bond motifs is 19. The van der Waals surface area contributed by atoms with Gasteiger partial charge in [-0.25, -0.2) is 0 Å². The van der Waals surface area contributed by atoms with Crippen molar-refractivity contribution in [3.63, 3.8) is 0 Å². The molecule has 0 bridgehead atoms. The van der Waals surface area contributed by atoms with Gasteiger partial charge in [0.2, 0.25) is 0 Å². The molecule has 4 aromatic heterocycles. The van der Waals surface area contributed by atoms with Gasteiger partial charge in [0, 0.05) is 71.2 Å². The number of benzene rings is 16. The molecule has 0 aliphatic carbocycles. The first-order valence-electron chi connectivity index (χ1n) is 31.8. The summed E-state index contributed by atoms with van der Waals surface area (Å²) in [7, 11) is 0. The first-order valence-corrected chi connectivity index (χ1v) is 31.8. The van der Waals surface area contributed by atoms with Crippen molar-refractivity contribution in [1.82, 2.24) is 18.3 Å². The largest absolute Gasteiger partial charge is 0.309 e. The van der Waals surface area contributed by atoms with E-state index in [1.54, 1.807) is 0 Å². The molecule has 0 unspecified atom stereocenters. The van der Waals surface area contributed by atoms with Gasteiger partial charge in [0.1, 0.15) is 0 Å². The summed E-state index contributed by atoms with van der Waals surface area (Å²) in [5.74, 6) is 0. The van der Waals surface area contributed by atoms with E-state index < -0.39 is 0 Å². The molecule has 0 N–H and O–H groups in total. The van der Waals surface area contributed by atoms with E-state index >= 15 is 0 Å². The number of para-hydroxylation sites is 3. The molecule has 0 spiro atoms. The summed E-state index contributed by atoms with van der Waals surface area (Å²) in [5, 5.41) is 19.9. The molecular weight excluding hydrogens is 1110 g/mol. The third kappa shape index (κ3) is 7.52. The van der Waals surface area contributed by atoms with Crippen LogP contribution in [0.2, 0.25) is 0 Å². The molecule has 20 rings (SSSR count). The van der Waals surface area contributed by atoms with Gasteiger partial charge in [0.15, 0.2) is 0 Å². The highest BCUT2D eigenvalue weighted by Gasteiger charge is 2.23. The summed E-state index contributed by atoms with van der Waals surface area (Å²) >= 11 is 0. The first-order chi connectivity index (χ1) is 45.6. The summed E-state index contributed by atoms with van der Waals surface area (Å²) in [4.78, 5) is 0. The van der Waals surface area contributed by atoms with Crippen molar-refractivity contribution < 1.29 is 0 Å². The molecule has 0 radical (unpaired) electrons. The van der Waals surface area contributed by atoms with Crippen LogP contribution in [0.25, 0.3) is 186 Å². The predicted molar refractivity (Wildman–Crippen MR) is 390 cm³/mol. The smallest absolute Gasteiger partial charge is 0.0625 e.